The number of hydrogen-bond acceptors (Lipinski definition) is 4. The van der Waals surface area contributed by atoms with E-state index < -0.39 is 0 Å². The number of aryl methyl sites for hydroxylation is 2. The first-order chi connectivity index (χ1) is 15.0. The van der Waals surface area contributed by atoms with Crippen LogP contribution in [0.3, 0.4) is 0 Å². The molecule has 0 unspecified atom stereocenters. The Labute approximate surface area is 181 Å². The van der Waals surface area contributed by atoms with E-state index >= 15 is 0 Å². The molecule has 1 fully saturated rings. The summed E-state index contributed by atoms with van der Waals surface area (Å²) in [5.74, 6) is 0.314. The van der Waals surface area contributed by atoms with E-state index in [1.807, 2.05) is 32.0 Å². The molecule has 2 amide bonds. The molecule has 31 heavy (non-hydrogen) atoms. The largest absolute Gasteiger partial charge is 0.487 e. The molecule has 0 bridgehead atoms. The molecule has 1 aromatic heterocycles. The van der Waals surface area contributed by atoms with E-state index in [1.165, 1.54) is 0 Å². The van der Waals surface area contributed by atoms with Gasteiger partial charge in [0.25, 0.3) is 11.8 Å². The van der Waals surface area contributed by atoms with Crippen LogP contribution in [0.15, 0.2) is 60.8 Å². The molecule has 1 aliphatic carbocycles. The Morgan fingerprint density at radius 2 is 1.71 bits per heavy atom. The van der Waals surface area contributed by atoms with Crippen LogP contribution in [-0.4, -0.2) is 22.8 Å². The number of carbonyl (C=O) groups is 2. The van der Waals surface area contributed by atoms with Crippen LogP contribution in [0.4, 0.5) is 5.69 Å². The van der Waals surface area contributed by atoms with Crippen molar-refractivity contribution in [1.29, 1.82) is 0 Å². The van der Waals surface area contributed by atoms with Gasteiger partial charge in [0.05, 0.1) is 5.69 Å². The van der Waals surface area contributed by atoms with Crippen molar-refractivity contribution < 1.29 is 14.3 Å². The van der Waals surface area contributed by atoms with Crippen LogP contribution in [0.25, 0.3) is 0 Å². The van der Waals surface area contributed by atoms with E-state index in [0.717, 1.165) is 29.7 Å². The van der Waals surface area contributed by atoms with E-state index in [-0.39, 0.29) is 17.9 Å². The monoisotopic (exact) mass is 415 g/mol. The zero-order chi connectivity index (χ0) is 21.8. The first kappa shape index (κ1) is 20.6. The topological polar surface area (TPSA) is 80.3 Å². The van der Waals surface area contributed by atoms with Gasteiger partial charge in [-0.15, -0.1) is 0 Å². The summed E-state index contributed by atoms with van der Waals surface area (Å²) in [6.07, 6.45) is 3.80. The Morgan fingerprint density at radius 3 is 2.42 bits per heavy atom. The molecule has 158 valence electrons. The van der Waals surface area contributed by atoms with Gasteiger partial charge < -0.3 is 15.4 Å². The average molecular weight is 415 g/mol. The number of rotatable bonds is 7. The van der Waals surface area contributed by atoms with Crippen LogP contribution in [-0.2, 0) is 6.61 Å². The van der Waals surface area contributed by atoms with Crippen LogP contribution >= 0.6 is 0 Å². The summed E-state index contributed by atoms with van der Waals surface area (Å²) in [6.45, 7) is 4.26. The molecule has 0 aliphatic heterocycles. The fraction of sp³-hybridized carbons (Fsp3) is 0.240. The maximum Gasteiger partial charge on any atom is 0.255 e. The predicted octanol–water partition coefficient (Wildman–Crippen LogP) is 4.42. The van der Waals surface area contributed by atoms with Crippen LogP contribution in [0.2, 0.25) is 0 Å². The zero-order valence-corrected chi connectivity index (χ0v) is 17.6. The van der Waals surface area contributed by atoms with Crippen molar-refractivity contribution in [3.05, 3.63) is 88.7 Å². The van der Waals surface area contributed by atoms with Gasteiger partial charge in [0.1, 0.15) is 12.4 Å². The van der Waals surface area contributed by atoms with Gasteiger partial charge in [-0.2, -0.15) is 0 Å². The average Bonchev–Trinajstić information content (AvgIpc) is 3.59. The number of pyridine rings is 1. The number of aromatic nitrogens is 1. The Morgan fingerprint density at radius 1 is 0.968 bits per heavy atom. The minimum absolute atomic E-state index is 0.109. The summed E-state index contributed by atoms with van der Waals surface area (Å²) in [5, 5.41) is 5.87. The fourth-order valence-electron chi connectivity index (χ4n) is 3.11. The predicted molar refractivity (Wildman–Crippen MR) is 119 cm³/mol. The van der Waals surface area contributed by atoms with Crippen molar-refractivity contribution in [3.63, 3.8) is 0 Å². The Hall–Kier alpha value is -3.67. The minimum Gasteiger partial charge on any atom is -0.487 e. The molecule has 1 saturated carbocycles. The van der Waals surface area contributed by atoms with Crippen molar-refractivity contribution in [2.75, 3.05) is 5.32 Å². The third-order valence-electron chi connectivity index (χ3n) is 5.27. The van der Waals surface area contributed by atoms with Gasteiger partial charge in [0.15, 0.2) is 0 Å². The van der Waals surface area contributed by atoms with Crippen molar-refractivity contribution in [2.24, 2.45) is 0 Å². The number of ether oxygens (including phenoxy) is 1. The molecule has 1 heterocycles. The van der Waals surface area contributed by atoms with Crippen LogP contribution in [0, 0.1) is 13.8 Å². The molecule has 0 radical (unpaired) electrons. The highest BCUT2D eigenvalue weighted by atomic mass is 16.5. The van der Waals surface area contributed by atoms with Crippen LogP contribution in [0.5, 0.6) is 5.75 Å². The number of carbonyl (C=O) groups excluding carboxylic acids is 2. The quantitative estimate of drug-likeness (QED) is 0.599. The van der Waals surface area contributed by atoms with Gasteiger partial charge in [0.2, 0.25) is 0 Å². The summed E-state index contributed by atoms with van der Waals surface area (Å²) in [4.78, 5) is 29.3. The number of hydrogen-bond donors (Lipinski definition) is 2. The first-order valence-corrected chi connectivity index (χ1v) is 10.4. The molecule has 0 atom stereocenters. The Bertz CT molecular complexity index is 1110. The molecule has 6 heteroatoms. The minimum atomic E-state index is -0.241. The maximum atomic E-state index is 12.7. The number of nitrogens with zero attached hydrogens (tertiary/aromatic N) is 1. The van der Waals surface area contributed by atoms with E-state index in [9.17, 15) is 9.59 Å². The van der Waals surface area contributed by atoms with Crippen LogP contribution in [0.1, 0.15) is 50.4 Å². The molecule has 1 aliphatic rings. The normalized spacial score (nSPS) is 12.8. The van der Waals surface area contributed by atoms with Crippen molar-refractivity contribution in [3.8, 4) is 5.75 Å². The molecular formula is C25H25N3O3. The van der Waals surface area contributed by atoms with E-state index in [0.29, 0.717) is 29.2 Å². The lowest BCUT2D eigenvalue weighted by Gasteiger charge is -2.12. The van der Waals surface area contributed by atoms with Gasteiger partial charge in [0, 0.05) is 29.1 Å². The van der Waals surface area contributed by atoms with Crippen molar-refractivity contribution >= 4 is 17.5 Å². The van der Waals surface area contributed by atoms with Gasteiger partial charge in [-0.3, -0.25) is 14.6 Å². The van der Waals surface area contributed by atoms with Crippen LogP contribution < -0.4 is 15.4 Å². The number of nitrogens with one attached hydrogen (secondary N) is 2. The highest BCUT2D eigenvalue weighted by Crippen LogP contribution is 2.22. The van der Waals surface area contributed by atoms with Gasteiger partial charge >= 0.3 is 0 Å². The Balaban J connectivity index is 1.39. The van der Waals surface area contributed by atoms with Gasteiger partial charge in [-0.1, -0.05) is 12.1 Å². The van der Waals surface area contributed by atoms with E-state index in [4.69, 9.17) is 4.74 Å². The van der Waals surface area contributed by atoms with E-state index in [2.05, 4.69) is 15.6 Å². The molecule has 6 nitrogen and oxygen atoms in total. The summed E-state index contributed by atoms with van der Waals surface area (Å²) >= 11 is 0. The molecule has 2 N–H and O–H groups in total. The Kier molecular flexibility index (Phi) is 5.98. The zero-order valence-electron chi connectivity index (χ0n) is 17.6. The molecule has 0 spiro atoms. The van der Waals surface area contributed by atoms with Gasteiger partial charge in [-0.25, -0.2) is 0 Å². The molecule has 3 aromatic rings. The third kappa shape index (κ3) is 5.28. The number of benzene rings is 2. The SMILES string of the molecule is Cc1ccc(C(=O)NC2CC2)cc1NC(=O)c1ccc(OCc2ncccc2C)cc1. The third-order valence-corrected chi connectivity index (χ3v) is 5.27. The summed E-state index contributed by atoms with van der Waals surface area (Å²) < 4.78 is 5.79. The second kappa shape index (κ2) is 9.00. The first-order valence-electron chi connectivity index (χ1n) is 10.4. The molecule has 4 rings (SSSR count). The van der Waals surface area contributed by atoms with Gasteiger partial charge in [-0.05, 0) is 80.3 Å². The summed E-state index contributed by atoms with van der Waals surface area (Å²) in [5.41, 5.74) is 4.52. The molecule has 0 saturated heterocycles. The number of anilines is 1. The molecule has 2 aromatic carbocycles. The summed E-state index contributed by atoms with van der Waals surface area (Å²) in [6, 6.07) is 16.5. The highest BCUT2D eigenvalue weighted by molar-refractivity contribution is 6.05. The van der Waals surface area contributed by atoms with Crippen molar-refractivity contribution in [2.45, 2.75) is 39.3 Å². The fourth-order valence-corrected chi connectivity index (χ4v) is 3.11. The summed E-state index contributed by atoms with van der Waals surface area (Å²) in [7, 11) is 0. The lowest BCUT2D eigenvalue weighted by molar-refractivity contribution is 0.0949. The second-order valence-electron chi connectivity index (χ2n) is 7.81. The lowest BCUT2D eigenvalue weighted by atomic mass is 10.1. The van der Waals surface area contributed by atoms with E-state index in [1.54, 1.807) is 42.6 Å². The molecular weight excluding hydrogens is 390 g/mol. The second-order valence-corrected chi connectivity index (χ2v) is 7.81. The standard InChI is InChI=1S/C25H25N3O3/c1-16-4-3-13-26-23(16)15-31-21-11-7-18(8-12-21)24(29)28-22-14-19(6-5-17(22)2)25(30)27-20-9-10-20/h3-8,11-14,20H,9-10,15H2,1-2H3,(H,27,30)(H,28,29). The lowest BCUT2D eigenvalue weighted by Crippen LogP contribution is -2.25. The number of amides is 2. The highest BCUT2D eigenvalue weighted by Gasteiger charge is 2.24. The smallest absolute Gasteiger partial charge is 0.255 e. The van der Waals surface area contributed by atoms with Crippen molar-refractivity contribution in [1.82, 2.24) is 10.3 Å². The maximum absolute atomic E-state index is 12.7.